The first kappa shape index (κ1) is 21.7. The summed E-state index contributed by atoms with van der Waals surface area (Å²) < 4.78 is 3.48. The Kier molecular flexibility index (Phi) is 5.73. The van der Waals surface area contributed by atoms with Gasteiger partial charge in [-0.3, -0.25) is 4.79 Å². The van der Waals surface area contributed by atoms with Crippen LogP contribution in [0.25, 0.3) is 22.6 Å². The molecular weight excluding hydrogens is 450 g/mol. The summed E-state index contributed by atoms with van der Waals surface area (Å²) in [6.45, 7) is 2.54. The number of hydrogen-bond acceptors (Lipinski definition) is 5. The zero-order valence-corrected chi connectivity index (χ0v) is 19.4. The average molecular weight is 472 g/mol. The lowest BCUT2D eigenvalue weighted by Gasteiger charge is -2.08. The Labute approximate surface area is 201 Å². The van der Waals surface area contributed by atoms with E-state index in [0.29, 0.717) is 34.3 Å². The lowest BCUT2D eigenvalue weighted by molar-refractivity contribution is 0.0964. The number of pyridine rings is 2. The normalized spacial score (nSPS) is 11.0. The summed E-state index contributed by atoms with van der Waals surface area (Å²) in [6.07, 6.45) is 3.40. The third kappa shape index (κ3) is 4.23. The van der Waals surface area contributed by atoms with Crippen LogP contribution in [0.1, 0.15) is 21.6 Å². The fourth-order valence-corrected chi connectivity index (χ4v) is 3.86. The van der Waals surface area contributed by atoms with Crippen LogP contribution in [-0.4, -0.2) is 37.3 Å². The van der Waals surface area contributed by atoms with Gasteiger partial charge >= 0.3 is 0 Å². The summed E-state index contributed by atoms with van der Waals surface area (Å²) in [5.74, 6) is 1.22. The van der Waals surface area contributed by atoms with Crippen molar-refractivity contribution in [3.8, 4) is 17.1 Å². The molecule has 2 N–H and O–H groups in total. The maximum Gasteiger partial charge on any atom is 0.254 e. The van der Waals surface area contributed by atoms with Gasteiger partial charge in [0.1, 0.15) is 5.82 Å². The van der Waals surface area contributed by atoms with Crippen LogP contribution in [0.2, 0.25) is 5.02 Å². The minimum atomic E-state index is -0.189. The van der Waals surface area contributed by atoms with E-state index in [1.165, 1.54) is 0 Å². The van der Waals surface area contributed by atoms with Gasteiger partial charge in [0.25, 0.3) is 5.91 Å². The van der Waals surface area contributed by atoms with Crippen molar-refractivity contribution < 1.29 is 4.79 Å². The average Bonchev–Trinajstić information content (AvgIpc) is 3.47. The molecule has 0 saturated heterocycles. The predicted octanol–water partition coefficient (Wildman–Crippen LogP) is 4.52. The molecular formula is C25H22ClN7O. The Morgan fingerprint density at radius 2 is 1.91 bits per heavy atom. The highest BCUT2D eigenvalue weighted by Crippen LogP contribution is 2.28. The van der Waals surface area contributed by atoms with Crippen molar-refractivity contribution in [3.63, 3.8) is 0 Å². The van der Waals surface area contributed by atoms with E-state index in [9.17, 15) is 4.79 Å². The van der Waals surface area contributed by atoms with Gasteiger partial charge in [-0.15, -0.1) is 5.10 Å². The SMILES string of the molecule is CNC(=O)c1cnn2ccc(-c3cc(NCc4ccc(Cl)cc4)nn3-c3cccc(C)n3)cc12. The number of aromatic nitrogens is 5. The lowest BCUT2D eigenvalue weighted by atomic mass is 10.1. The zero-order chi connectivity index (χ0) is 23.7. The van der Waals surface area contributed by atoms with Crippen LogP contribution in [0.4, 0.5) is 5.82 Å². The minimum Gasteiger partial charge on any atom is -0.364 e. The Morgan fingerprint density at radius 3 is 2.68 bits per heavy atom. The van der Waals surface area contributed by atoms with E-state index in [2.05, 4.69) is 20.7 Å². The molecule has 4 aromatic heterocycles. The molecule has 4 heterocycles. The zero-order valence-electron chi connectivity index (χ0n) is 18.7. The second-order valence-electron chi connectivity index (χ2n) is 7.83. The van der Waals surface area contributed by atoms with Crippen LogP contribution >= 0.6 is 11.6 Å². The monoisotopic (exact) mass is 471 g/mol. The molecule has 0 radical (unpaired) electrons. The van der Waals surface area contributed by atoms with Gasteiger partial charge in [0.05, 0.1) is 23.0 Å². The molecule has 0 spiro atoms. The first-order valence-corrected chi connectivity index (χ1v) is 11.1. The number of aryl methyl sites for hydroxylation is 1. The van der Waals surface area contributed by atoms with E-state index in [4.69, 9.17) is 16.7 Å². The van der Waals surface area contributed by atoms with Crippen LogP contribution in [0.15, 0.2) is 73.1 Å². The summed E-state index contributed by atoms with van der Waals surface area (Å²) in [7, 11) is 1.60. The molecule has 0 fully saturated rings. The Morgan fingerprint density at radius 1 is 1.09 bits per heavy atom. The highest BCUT2D eigenvalue weighted by Gasteiger charge is 2.16. The van der Waals surface area contributed by atoms with Crippen molar-refractivity contribution in [2.24, 2.45) is 0 Å². The molecule has 0 saturated carbocycles. The Bertz CT molecular complexity index is 1490. The minimum absolute atomic E-state index is 0.189. The maximum absolute atomic E-state index is 12.3. The van der Waals surface area contributed by atoms with Crippen LogP contribution in [0, 0.1) is 6.92 Å². The third-order valence-electron chi connectivity index (χ3n) is 5.48. The molecule has 0 aliphatic heterocycles. The van der Waals surface area contributed by atoms with Crippen LogP contribution in [0.3, 0.4) is 0 Å². The van der Waals surface area contributed by atoms with Gasteiger partial charge in [-0.1, -0.05) is 29.8 Å². The first-order valence-electron chi connectivity index (χ1n) is 10.7. The Hall–Kier alpha value is -4.17. The Balaban J connectivity index is 1.57. The largest absolute Gasteiger partial charge is 0.364 e. The van der Waals surface area contributed by atoms with E-state index in [-0.39, 0.29) is 5.91 Å². The van der Waals surface area contributed by atoms with Crippen molar-refractivity contribution in [1.82, 2.24) is 29.7 Å². The van der Waals surface area contributed by atoms with Gasteiger partial charge in [-0.05, 0) is 48.9 Å². The van der Waals surface area contributed by atoms with E-state index < -0.39 is 0 Å². The number of fused-ring (bicyclic) bond motifs is 1. The van der Waals surface area contributed by atoms with E-state index >= 15 is 0 Å². The molecule has 170 valence electrons. The number of hydrogen-bond donors (Lipinski definition) is 2. The third-order valence-corrected chi connectivity index (χ3v) is 5.73. The second kappa shape index (κ2) is 8.99. The highest BCUT2D eigenvalue weighted by molar-refractivity contribution is 6.30. The summed E-state index contributed by atoms with van der Waals surface area (Å²) in [6, 6.07) is 19.3. The number of carbonyl (C=O) groups excluding carboxylic acids is 1. The van der Waals surface area contributed by atoms with E-state index in [1.54, 1.807) is 22.4 Å². The van der Waals surface area contributed by atoms with Gasteiger partial charge in [0.2, 0.25) is 0 Å². The fourth-order valence-electron chi connectivity index (χ4n) is 3.74. The van der Waals surface area contributed by atoms with Crippen molar-refractivity contribution in [3.05, 3.63) is 94.9 Å². The molecule has 8 nitrogen and oxygen atoms in total. The number of anilines is 1. The van der Waals surface area contributed by atoms with Crippen LogP contribution < -0.4 is 10.6 Å². The number of rotatable bonds is 6. The number of benzene rings is 1. The summed E-state index contributed by atoms with van der Waals surface area (Å²) >= 11 is 6.00. The molecule has 0 unspecified atom stereocenters. The molecule has 1 amide bonds. The summed E-state index contributed by atoms with van der Waals surface area (Å²) in [4.78, 5) is 17.0. The quantitative estimate of drug-likeness (QED) is 0.380. The predicted molar refractivity (Wildman–Crippen MR) is 132 cm³/mol. The van der Waals surface area contributed by atoms with Crippen molar-refractivity contribution in [2.75, 3.05) is 12.4 Å². The molecule has 5 rings (SSSR count). The number of amides is 1. The van der Waals surface area contributed by atoms with Crippen LogP contribution in [0.5, 0.6) is 0 Å². The lowest BCUT2D eigenvalue weighted by Crippen LogP contribution is -2.17. The standard InChI is InChI=1S/C25H22ClN7O/c1-16-4-3-5-24(30-16)33-21(13-23(31-33)28-14-17-6-8-19(26)9-7-17)18-10-11-32-22(12-18)20(15-29-32)25(34)27-2/h3-13,15H,14H2,1-2H3,(H,27,34)(H,28,31). The molecule has 0 bridgehead atoms. The van der Waals surface area contributed by atoms with Gasteiger partial charge in [0.15, 0.2) is 5.82 Å². The molecule has 5 aromatic rings. The number of nitrogens with zero attached hydrogens (tertiary/aromatic N) is 5. The number of nitrogens with one attached hydrogen (secondary N) is 2. The van der Waals surface area contributed by atoms with Gasteiger partial charge in [-0.2, -0.15) is 5.10 Å². The van der Waals surface area contributed by atoms with Gasteiger partial charge in [0, 0.05) is 42.1 Å². The van der Waals surface area contributed by atoms with Crippen LogP contribution in [-0.2, 0) is 6.54 Å². The summed E-state index contributed by atoms with van der Waals surface area (Å²) in [5, 5.41) is 15.8. The molecule has 34 heavy (non-hydrogen) atoms. The van der Waals surface area contributed by atoms with E-state index in [0.717, 1.165) is 22.5 Å². The van der Waals surface area contributed by atoms with E-state index in [1.807, 2.05) is 73.8 Å². The van der Waals surface area contributed by atoms with Gasteiger partial charge < -0.3 is 10.6 Å². The topological polar surface area (TPSA) is 89.1 Å². The van der Waals surface area contributed by atoms with Crippen molar-refractivity contribution in [2.45, 2.75) is 13.5 Å². The fraction of sp³-hybridized carbons (Fsp3) is 0.120. The van der Waals surface area contributed by atoms with Gasteiger partial charge in [-0.25, -0.2) is 14.2 Å². The second-order valence-corrected chi connectivity index (χ2v) is 8.26. The van der Waals surface area contributed by atoms with Crippen molar-refractivity contribution in [1.29, 1.82) is 0 Å². The smallest absolute Gasteiger partial charge is 0.254 e. The molecule has 0 aliphatic rings. The molecule has 1 aromatic carbocycles. The van der Waals surface area contributed by atoms with Crippen molar-refractivity contribution >= 4 is 28.8 Å². The molecule has 0 aliphatic carbocycles. The summed E-state index contributed by atoms with van der Waals surface area (Å²) in [5.41, 5.74) is 4.91. The number of carbonyl (C=O) groups is 1. The maximum atomic E-state index is 12.3. The first-order chi connectivity index (χ1) is 16.5. The molecule has 9 heteroatoms. The molecule has 0 atom stereocenters. The highest BCUT2D eigenvalue weighted by atomic mass is 35.5. The number of halogens is 1.